The van der Waals surface area contributed by atoms with Crippen molar-refractivity contribution in [2.45, 2.75) is 12.7 Å². The van der Waals surface area contributed by atoms with Crippen LogP contribution in [0, 0.1) is 17.7 Å². The fourth-order valence-corrected chi connectivity index (χ4v) is 3.76. The van der Waals surface area contributed by atoms with Gasteiger partial charge in [-0.2, -0.15) is 5.26 Å². The Morgan fingerprint density at radius 3 is 2.56 bits per heavy atom. The number of hydrogen-bond acceptors (Lipinski definition) is 6. The number of rotatable bonds is 6. The van der Waals surface area contributed by atoms with Crippen molar-refractivity contribution in [1.82, 2.24) is 14.6 Å². The van der Waals surface area contributed by atoms with E-state index < -0.39 is 5.91 Å². The number of hydrogen-bond donors (Lipinski definition) is 1. The van der Waals surface area contributed by atoms with E-state index >= 15 is 0 Å². The molecule has 1 aliphatic rings. The zero-order valence-corrected chi connectivity index (χ0v) is 17.1. The summed E-state index contributed by atoms with van der Waals surface area (Å²) in [6, 6.07) is 21.2. The van der Waals surface area contributed by atoms with Gasteiger partial charge < -0.3 is 15.4 Å². The summed E-state index contributed by atoms with van der Waals surface area (Å²) in [6.07, 6.45) is 2.72. The third-order valence-corrected chi connectivity index (χ3v) is 5.59. The van der Waals surface area contributed by atoms with Gasteiger partial charge in [-0.3, -0.25) is 4.79 Å². The number of fused-ring (bicyclic) bond motifs is 1. The maximum atomic E-state index is 11.6. The number of amides is 1. The third-order valence-electron chi connectivity index (χ3n) is 5.59. The lowest BCUT2D eigenvalue weighted by atomic mass is 10.1. The minimum atomic E-state index is -0.549. The summed E-state index contributed by atoms with van der Waals surface area (Å²) in [4.78, 5) is 17.9. The number of pyridine rings is 1. The van der Waals surface area contributed by atoms with Crippen LogP contribution in [0.3, 0.4) is 0 Å². The standard InChI is InChI=1S/C24H19N6O2/c25-11-16-1-3-17(4-2-16)14-32-20-12-29(13-20)19-7-5-18(6-8-19)22-10-9-21(23(26)31)24-27-15-28-30(22)24/h1-10,20H,12-14H2,(H2,26,31). The molecule has 32 heavy (non-hydrogen) atoms. The molecule has 157 valence electrons. The second-order valence-corrected chi connectivity index (χ2v) is 7.64. The number of carbonyl (C=O) groups excluding carboxylic acids is 1. The number of primary amides is 1. The van der Waals surface area contributed by atoms with E-state index in [-0.39, 0.29) is 6.10 Å². The molecule has 0 unspecified atom stereocenters. The second kappa shape index (κ2) is 8.13. The molecule has 5 rings (SSSR count). The van der Waals surface area contributed by atoms with Gasteiger partial charge in [-0.15, -0.1) is 5.10 Å². The number of benzene rings is 2. The smallest absolute Gasteiger partial charge is 0.252 e. The number of aromatic nitrogens is 3. The zero-order chi connectivity index (χ0) is 22.1. The van der Waals surface area contributed by atoms with Gasteiger partial charge in [0.05, 0.1) is 35.6 Å². The lowest BCUT2D eigenvalue weighted by Gasteiger charge is -2.40. The summed E-state index contributed by atoms with van der Waals surface area (Å²) >= 11 is 0. The molecule has 0 saturated carbocycles. The molecule has 8 nitrogen and oxygen atoms in total. The first-order valence-electron chi connectivity index (χ1n) is 10.1. The summed E-state index contributed by atoms with van der Waals surface area (Å²) in [6.45, 7) is 2.19. The number of anilines is 1. The number of ether oxygens (including phenoxy) is 1. The van der Waals surface area contributed by atoms with Crippen LogP contribution in [0.25, 0.3) is 16.9 Å². The number of nitrogens with two attached hydrogens (primary N) is 1. The highest BCUT2D eigenvalue weighted by Gasteiger charge is 2.27. The Morgan fingerprint density at radius 2 is 1.88 bits per heavy atom. The quantitative estimate of drug-likeness (QED) is 0.510. The molecule has 1 amide bonds. The van der Waals surface area contributed by atoms with Gasteiger partial charge in [0, 0.05) is 24.3 Å². The number of nitriles is 1. The Balaban J connectivity index is 1.22. The molecule has 1 radical (unpaired) electrons. The van der Waals surface area contributed by atoms with Crippen LogP contribution in [-0.4, -0.2) is 39.7 Å². The Bertz CT molecular complexity index is 1320. The van der Waals surface area contributed by atoms with E-state index in [2.05, 4.69) is 39.5 Å². The summed E-state index contributed by atoms with van der Waals surface area (Å²) in [5.41, 5.74) is 10.7. The molecule has 8 heteroatoms. The normalized spacial score (nSPS) is 13.7. The molecule has 1 aliphatic heterocycles. The van der Waals surface area contributed by atoms with Crippen molar-refractivity contribution in [3.8, 4) is 17.3 Å². The molecule has 1 saturated heterocycles. The lowest BCUT2D eigenvalue weighted by Crippen LogP contribution is -2.52. The zero-order valence-electron chi connectivity index (χ0n) is 17.1. The highest BCUT2D eigenvalue weighted by molar-refractivity contribution is 5.99. The molecular formula is C24H19N6O2. The van der Waals surface area contributed by atoms with Crippen molar-refractivity contribution in [3.63, 3.8) is 0 Å². The Labute approximate surface area is 184 Å². The van der Waals surface area contributed by atoms with E-state index in [9.17, 15) is 4.79 Å². The molecule has 4 aromatic rings. The summed E-state index contributed by atoms with van der Waals surface area (Å²) in [7, 11) is 0. The molecular weight excluding hydrogens is 404 g/mol. The lowest BCUT2D eigenvalue weighted by molar-refractivity contribution is 0.0224. The van der Waals surface area contributed by atoms with E-state index in [0.717, 1.165) is 35.6 Å². The van der Waals surface area contributed by atoms with Crippen LogP contribution in [0.2, 0.25) is 0 Å². The molecule has 0 atom stereocenters. The van der Waals surface area contributed by atoms with Crippen molar-refractivity contribution in [3.05, 3.63) is 83.7 Å². The maximum Gasteiger partial charge on any atom is 0.252 e. The van der Waals surface area contributed by atoms with Crippen molar-refractivity contribution in [2.75, 3.05) is 18.0 Å². The van der Waals surface area contributed by atoms with E-state index in [1.165, 1.54) is 0 Å². The van der Waals surface area contributed by atoms with Gasteiger partial charge in [0.25, 0.3) is 5.91 Å². The van der Waals surface area contributed by atoms with Crippen LogP contribution in [0.5, 0.6) is 0 Å². The highest BCUT2D eigenvalue weighted by Crippen LogP contribution is 2.27. The minimum Gasteiger partial charge on any atom is -0.370 e. The molecule has 0 spiro atoms. The SMILES string of the molecule is N#Cc1ccc(COC2CN(c3ccc(-c4ccc(C(N)=O)c5n[c]nn45)cc3)C2)cc1. The van der Waals surface area contributed by atoms with E-state index in [4.69, 9.17) is 15.7 Å². The predicted molar refractivity (Wildman–Crippen MR) is 118 cm³/mol. The highest BCUT2D eigenvalue weighted by atomic mass is 16.5. The summed E-state index contributed by atoms with van der Waals surface area (Å²) < 4.78 is 7.54. The van der Waals surface area contributed by atoms with Gasteiger partial charge in [-0.25, -0.2) is 9.50 Å². The van der Waals surface area contributed by atoms with Gasteiger partial charge in [-0.05, 0) is 42.0 Å². The van der Waals surface area contributed by atoms with Gasteiger partial charge >= 0.3 is 0 Å². The molecule has 0 bridgehead atoms. The average Bonchev–Trinajstić information content (AvgIpc) is 3.28. The second-order valence-electron chi connectivity index (χ2n) is 7.64. The molecule has 3 heterocycles. The van der Waals surface area contributed by atoms with E-state index in [1.807, 2.05) is 24.3 Å². The van der Waals surface area contributed by atoms with Crippen LogP contribution in [0.15, 0.2) is 60.7 Å². The predicted octanol–water partition coefficient (Wildman–Crippen LogP) is 2.57. The Hall–Kier alpha value is -4.22. The summed E-state index contributed by atoms with van der Waals surface area (Å²) in [5, 5.41) is 13.0. The Kier molecular flexibility index (Phi) is 5.01. The molecule has 2 N–H and O–H groups in total. The van der Waals surface area contributed by atoms with Crippen molar-refractivity contribution >= 4 is 17.2 Å². The largest absolute Gasteiger partial charge is 0.370 e. The average molecular weight is 423 g/mol. The van der Waals surface area contributed by atoms with Crippen LogP contribution in [0.4, 0.5) is 5.69 Å². The van der Waals surface area contributed by atoms with Crippen molar-refractivity contribution < 1.29 is 9.53 Å². The minimum absolute atomic E-state index is 0.178. The number of nitrogens with zero attached hydrogens (tertiary/aromatic N) is 5. The van der Waals surface area contributed by atoms with Gasteiger partial charge in [-0.1, -0.05) is 24.3 Å². The van der Waals surface area contributed by atoms with Crippen LogP contribution in [0.1, 0.15) is 21.5 Å². The van der Waals surface area contributed by atoms with Gasteiger partial charge in [0.15, 0.2) is 5.65 Å². The van der Waals surface area contributed by atoms with E-state index in [1.54, 1.807) is 28.8 Å². The van der Waals surface area contributed by atoms with Gasteiger partial charge in [0.2, 0.25) is 6.33 Å². The first kappa shape index (κ1) is 19.7. The topological polar surface area (TPSA) is 110 Å². The van der Waals surface area contributed by atoms with Crippen LogP contribution in [-0.2, 0) is 11.3 Å². The molecule has 0 aliphatic carbocycles. The van der Waals surface area contributed by atoms with E-state index in [0.29, 0.717) is 23.4 Å². The van der Waals surface area contributed by atoms with Crippen LogP contribution >= 0.6 is 0 Å². The molecule has 1 fully saturated rings. The van der Waals surface area contributed by atoms with Crippen molar-refractivity contribution in [1.29, 1.82) is 5.26 Å². The van der Waals surface area contributed by atoms with Crippen LogP contribution < -0.4 is 10.6 Å². The fourth-order valence-electron chi connectivity index (χ4n) is 3.76. The first-order valence-corrected chi connectivity index (χ1v) is 10.1. The number of carbonyl (C=O) groups is 1. The molecule has 2 aromatic carbocycles. The fraction of sp³-hybridized carbons (Fsp3) is 0.167. The molecule has 2 aromatic heterocycles. The van der Waals surface area contributed by atoms with Crippen molar-refractivity contribution in [2.24, 2.45) is 5.73 Å². The third kappa shape index (κ3) is 3.66. The van der Waals surface area contributed by atoms with Gasteiger partial charge in [0.1, 0.15) is 0 Å². The first-order chi connectivity index (χ1) is 15.6. The Morgan fingerprint density at radius 1 is 1.12 bits per heavy atom. The maximum absolute atomic E-state index is 11.6. The summed E-state index contributed by atoms with van der Waals surface area (Å²) in [5.74, 6) is -0.549. The monoisotopic (exact) mass is 423 g/mol.